The second-order valence-corrected chi connectivity index (χ2v) is 7.22. The van der Waals surface area contributed by atoms with Gasteiger partial charge in [0.1, 0.15) is 4.88 Å². The van der Waals surface area contributed by atoms with Gasteiger partial charge in [-0.05, 0) is 32.4 Å². The van der Waals surface area contributed by atoms with Gasteiger partial charge in [-0.15, -0.1) is 11.3 Å². The minimum atomic E-state index is -0.298. The van der Waals surface area contributed by atoms with Crippen molar-refractivity contribution < 1.29 is 9.53 Å². The highest BCUT2D eigenvalue weighted by atomic mass is 32.1. The number of rotatable bonds is 1. The number of aryl methyl sites for hydroxylation is 1. The molecule has 1 aliphatic rings. The molecule has 21 heavy (non-hydrogen) atoms. The lowest BCUT2D eigenvalue weighted by atomic mass is 10.0. The lowest BCUT2D eigenvalue weighted by Gasteiger charge is -2.41. The SMILES string of the molecule is Cc1ccc2c(N)c(C(=O)N3CCOCC3(C)C)sc2c1. The summed E-state index contributed by atoms with van der Waals surface area (Å²) in [6.07, 6.45) is 0. The first-order chi connectivity index (χ1) is 9.90. The third-order valence-corrected chi connectivity index (χ3v) is 5.12. The van der Waals surface area contributed by atoms with E-state index in [1.807, 2.05) is 37.8 Å². The normalized spacial score (nSPS) is 18.1. The molecule has 0 atom stereocenters. The van der Waals surface area contributed by atoms with Gasteiger partial charge in [-0.25, -0.2) is 0 Å². The van der Waals surface area contributed by atoms with Gasteiger partial charge in [-0.2, -0.15) is 0 Å². The molecule has 0 aliphatic carbocycles. The van der Waals surface area contributed by atoms with Gasteiger partial charge in [0.25, 0.3) is 5.91 Å². The quantitative estimate of drug-likeness (QED) is 0.881. The standard InChI is InChI=1S/C16H20N2O2S/c1-10-4-5-11-12(8-10)21-14(13(11)17)15(19)18-6-7-20-9-16(18,2)3/h4-5,8H,6-7,9,17H2,1-3H3. The van der Waals surface area contributed by atoms with E-state index < -0.39 is 0 Å². The molecule has 0 bridgehead atoms. The van der Waals surface area contributed by atoms with Crippen molar-refractivity contribution in [1.82, 2.24) is 4.90 Å². The number of fused-ring (bicyclic) bond motifs is 1. The first kappa shape index (κ1) is 14.4. The minimum Gasteiger partial charge on any atom is -0.397 e. The summed E-state index contributed by atoms with van der Waals surface area (Å²) in [5.41, 5.74) is 7.69. The van der Waals surface area contributed by atoms with Crippen LogP contribution in [0.5, 0.6) is 0 Å². The molecule has 1 aromatic carbocycles. The number of anilines is 1. The maximum atomic E-state index is 12.9. The lowest BCUT2D eigenvalue weighted by molar-refractivity contribution is -0.0368. The number of morpholine rings is 1. The van der Waals surface area contributed by atoms with E-state index in [1.165, 1.54) is 16.9 Å². The molecular formula is C16H20N2O2S. The van der Waals surface area contributed by atoms with Gasteiger partial charge in [0, 0.05) is 16.6 Å². The van der Waals surface area contributed by atoms with Crippen molar-refractivity contribution in [2.75, 3.05) is 25.5 Å². The zero-order valence-electron chi connectivity index (χ0n) is 12.6. The van der Waals surface area contributed by atoms with Crippen molar-refractivity contribution in [1.29, 1.82) is 0 Å². The number of carbonyl (C=O) groups is 1. The summed E-state index contributed by atoms with van der Waals surface area (Å²) in [7, 11) is 0. The van der Waals surface area contributed by atoms with Crippen LogP contribution < -0.4 is 5.73 Å². The molecule has 0 radical (unpaired) electrons. The minimum absolute atomic E-state index is 0.0136. The number of ether oxygens (including phenoxy) is 1. The van der Waals surface area contributed by atoms with E-state index in [9.17, 15) is 4.79 Å². The number of hydrogen-bond donors (Lipinski definition) is 1. The summed E-state index contributed by atoms with van der Waals surface area (Å²) in [6, 6.07) is 6.10. The first-order valence-electron chi connectivity index (χ1n) is 7.08. The van der Waals surface area contributed by atoms with Crippen LogP contribution in [0, 0.1) is 6.92 Å². The number of nitrogens with zero attached hydrogens (tertiary/aromatic N) is 1. The highest BCUT2D eigenvalue weighted by molar-refractivity contribution is 7.21. The molecule has 112 valence electrons. The number of amides is 1. The highest BCUT2D eigenvalue weighted by Gasteiger charge is 2.36. The molecule has 1 fully saturated rings. The summed E-state index contributed by atoms with van der Waals surface area (Å²) in [4.78, 5) is 15.4. The van der Waals surface area contributed by atoms with E-state index in [0.717, 1.165) is 10.1 Å². The fourth-order valence-corrected chi connectivity index (χ4v) is 3.91. The van der Waals surface area contributed by atoms with Crippen molar-refractivity contribution in [2.24, 2.45) is 0 Å². The Labute approximate surface area is 128 Å². The molecule has 2 heterocycles. The Hall–Kier alpha value is -1.59. The first-order valence-corrected chi connectivity index (χ1v) is 7.90. The summed E-state index contributed by atoms with van der Waals surface area (Å²) >= 11 is 1.48. The molecule has 4 nitrogen and oxygen atoms in total. The number of nitrogens with two attached hydrogens (primary N) is 1. The molecule has 2 N–H and O–H groups in total. The van der Waals surface area contributed by atoms with Gasteiger partial charge in [0.15, 0.2) is 0 Å². The van der Waals surface area contributed by atoms with Crippen molar-refractivity contribution in [3.05, 3.63) is 28.6 Å². The van der Waals surface area contributed by atoms with Crippen molar-refractivity contribution in [3.8, 4) is 0 Å². The van der Waals surface area contributed by atoms with Crippen LogP contribution in [-0.2, 0) is 4.74 Å². The second kappa shape index (κ2) is 5.00. The molecule has 1 aliphatic heterocycles. The molecule has 5 heteroatoms. The Bertz CT molecular complexity index is 706. The zero-order chi connectivity index (χ0) is 15.2. The van der Waals surface area contributed by atoms with Gasteiger partial charge in [-0.3, -0.25) is 4.79 Å². The average molecular weight is 304 g/mol. The van der Waals surface area contributed by atoms with Crippen LogP contribution >= 0.6 is 11.3 Å². The Kier molecular flexibility index (Phi) is 3.42. The van der Waals surface area contributed by atoms with Gasteiger partial charge in [0.05, 0.1) is 24.4 Å². The van der Waals surface area contributed by atoms with E-state index >= 15 is 0 Å². The summed E-state index contributed by atoms with van der Waals surface area (Å²) < 4.78 is 6.56. The molecule has 1 amide bonds. The van der Waals surface area contributed by atoms with Gasteiger partial charge >= 0.3 is 0 Å². The van der Waals surface area contributed by atoms with Crippen molar-refractivity contribution >= 4 is 33.0 Å². The van der Waals surface area contributed by atoms with Crippen LogP contribution in [-0.4, -0.2) is 36.1 Å². The fraction of sp³-hybridized carbons (Fsp3) is 0.438. The molecule has 0 spiro atoms. The third kappa shape index (κ3) is 2.40. The fourth-order valence-electron chi connectivity index (χ4n) is 2.74. The zero-order valence-corrected chi connectivity index (χ0v) is 13.4. The largest absolute Gasteiger partial charge is 0.397 e. The van der Waals surface area contributed by atoms with E-state index in [-0.39, 0.29) is 11.4 Å². The Balaban J connectivity index is 2.03. The van der Waals surface area contributed by atoms with Crippen LogP contribution in [0.2, 0.25) is 0 Å². The molecular weight excluding hydrogens is 284 g/mol. The molecule has 1 aromatic heterocycles. The molecule has 2 aromatic rings. The topological polar surface area (TPSA) is 55.6 Å². The Morgan fingerprint density at radius 1 is 1.43 bits per heavy atom. The van der Waals surface area contributed by atoms with E-state index in [0.29, 0.717) is 30.3 Å². The predicted octanol–water partition coefficient (Wildman–Crippen LogP) is 3.04. The maximum absolute atomic E-state index is 12.9. The number of benzene rings is 1. The van der Waals surface area contributed by atoms with Crippen molar-refractivity contribution in [3.63, 3.8) is 0 Å². The van der Waals surface area contributed by atoms with Gasteiger partial charge < -0.3 is 15.4 Å². The second-order valence-electron chi connectivity index (χ2n) is 6.17. The number of carbonyl (C=O) groups excluding carboxylic acids is 1. The summed E-state index contributed by atoms with van der Waals surface area (Å²) in [5, 5.41) is 0.972. The van der Waals surface area contributed by atoms with E-state index in [4.69, 9.17) is 10.5 Å². The maximum Gasteiger partial charge on any atom is 0.266 e. The van der Waals surface area contributed by atoms with Crippen LogP contribution in [0.1, 0.15) is 29.1 Å². The van der Waals surface area contributed by atoms with Crippen molar-refractivity contribution in [2.45, 2.75) is 26.3 Å². The van der Waals surface area contributed by atoms with E-state index in [1.54, 1.807) is 0 Å². The van der Waals surface area contributed by atoms with E-state index in [2.05, 4.69) is 6.07 Å². The lowest BCUT2D eigenvalue weighted by Crippen LogP contribution is -2.55. The Morgan fingerprint density at radius 2 is 2.19 bits per heavy atom. The summed E-state index contributed by atoms with van der Waals surface area (Å²) in [5.74, 6) is 0.0136. The van der Waals surface area contributed by atoms with Crippen LogP contribution in [0.3, 0.4) is 0 Å². The number of hydrogen-bond acceptors (Lipinski definition) is 4. The van der Waals surface area contributed by atoms with Gasteiger partial charge in [-0.1, -0.05) is 12.1 Å². The number of nitrogen functional groups attached to an aromatic ring is 1. The van der Waals surface area contributed by atoms with Gasteiger partial charge in [0.2, 0.25) is 0 Å². The molecule has 3 rings (SSSR count). The molecule has 0 unspecified atom stereocenters. The van der Waals surface area contributed by atoms with Crippen LogP contribution in [0.4, 0.5) is 5.69 Å². The number of thiophene rings is 1. The monoisotopic (exact) mass is 304 g/mol. The highest BCUT2D eigenvalue weighted by Crippen LogP contribution is 2.36. The molecule has 1 saturated heterocycles. The van der Waals surface area contributed by atoms with Crippen LogP contribution in [0.15, 0.2) is 18.2 Å². The average Bonchev–Trinajstić information content (AvgIpc) is 2.74. The predicted molar refractivity (Wildman–Crippen MR) is 86.9 cm³/mol. The third-order valence-electron chi connectivity index (χ3n) is 3.97. The Morgan fingerprint density at radius 3 is 2.90 bits per heavy atom. The van der Waals surface area contributed by atoms with Crippen LogP contribution in [0.25, 0.3) is 10.1 Å². The smallest absolute Gasteiger partial charge is 0.266 e. The molecule has 0 saturated carbocycles. The summed E-state index contributed by atoms with van der Waals surface area (Å²) in [6.45, 7) is 7.84.